The van der Waals surface area contributed by atoms with Gasteiger partial charge in [0.2, 0.25) is 17.7 Å². The van der Waals surface area contributed by atoms with Crippen molar-refractivity contribution >= 4 is 29.1 Å². The number of amides is 3. The van der Waals surface area contributed by atoms with E-state index in [-0.39, 0.29) is 30.9 Å². The van der Waals surface area contributed by atoms with E-state index in [0.29, 0.717) is 30.6 Å². The molecule has 5 rings (SSSR count). The number of rotatable bonds is 7. The normalized spacial score (nSPS) is 30.4. The van der Waals surface area contributed by atoms with E-state index in [1.54, 1.807) is 12.1 Å². The van der Waals surface area contributed by atoms with Crippen LogP contribution in [0.5, 0.6) is 0 Å². The highest BCUT2D eigenvalue weighted by atomic mass is 16.5. The number of benzene rings is 2. The van der Waals surface area contributed by atoms with Crippen molar-refractivity contribution in [3.05, 3.63) is 59.7 Å². The van der Waals surface area contributed by atoms with Crippen molar-refractivity contribution in [2.24, 2.45) is 11.8 Å². The lowest BCUT2D eigenvalue weighted by Crippen LogP contribution is -2.53. The quantitative estimate of drug-likeness (QED) is 0.552. The van der Waals surface area contributed by atoms with Crippen LogP contribution in [0.2, 0.25) is 0 Å². The minimum atomic E-state index is -1.10. The molecule has 8 heteroatoms. The van der Waals surface area contributed by atoms with Crippen molar-refractivity contribution in [3.8, 4) is 0 Å². The van der Waals surface area contributed by atoms with Gasteiger partial charge in [0.25, 0.3) is 0 Å². The van der Waals surface area contributed by atoms with Crippen LogP contribution in [0, 0.1) is 25.7 Å². The van der Waals surface area contributed by atoms with Crippen molar-refractivity contribution < 1.29 is 24.2 Å². The molecule has 3 fully saturated rings. The van der Waals surface area contributed by atoms with Crippen LogP contribution in [0.25, 0.3) is 0 Å². The summed E-state index contributed by atoms with van der Waals surface area (Å²) in [5.41, 5.74) is 1.27. The molecule has 0 aliphatic carbocycles. The molecule has 0 saturated carbocycles. The van der Waals surface area contributed by atoms with Gasteiger partial charge in [-0.2, -0.15) is 0 Å². The highest BCUT2D eigenvalue weighted by molar-refractivity contribution is 6.05. The predicted octanol–water partition coefficient (Wildman–Crippen LogP) is 3.03. The van der Waals surface area contributed by atoms with Gasteiger partial charge in [-0.15, -0.1) is 0 Å². The Bertz CT molecular complexity index is 1180. The molecule has 3 heterocycles. The molecule has 0 radical (unpaired) electrons. The number of hydrogen-bond donors (Lipinski definition) is 3. The SMILES string of the molecule is Cc1cccc(C)c1NC(=O)C1N(CCCO)C(=O)[C@@H]2[C@H](C(=O)Nc3ccccc3)[C@]3(C)CCC12O3. The zero-order valence-corrected chi connectivity index (χ0v) is 20.9. The average Bonchev–Trinajstić information content (AvgIpc) is 3.41. The Kier molecular flexibility index (Phi) is 6.12. The van der Waals surface area contributed by atoms with Crippen molar-refractivity contribution in [2.45, 2.75) is 57.3 Å². The van der Waals surface area contributed by atoms with Gasteiger partial charge in [0.05, 0.1) is 17.4 Å². The molecule has 2 unspecified atom stereocenters. The molecule has 8 nitrogen and oxygen atoms in total. The van der Waals surface area contributed by atoms with Crippen molar-refractivity contribution in [2.75, 3.05) is 23.8 Å². The van der Waals surface area contributed by atoms with Gasteiger partial charge >= 0.3 is 0 Å². The van der Waals surface area contributed by atoms with Gasteiger partial charge in [-0.25, -0.2) is 0 Å². The Morgan fingerprint density at radius 2 is 1.72 bits per heavy atom. The maximum atomic E-state index is 13.9. The van der Waals surface area contributed by atoms with E-state index in [4.69, 9.17) is 4.74 Å². The average molecular weight is 492 g/mol. The monoisotopic (exact) mass is 491 g/mol. The third-order valence-corrected chi connectivity index (χ3v) is 8.14. The van der Waals surface area contributed by atoms with Crippen LogP contribution in [0.4, 0.5) is 11.4 Å². The third kappa shape index (κ3) is 3.71. The first-order valence-electron chi connectivity index (χ1n) is 12.6. The van der Waals surface area contributed by atoms with Crippen molar-refractivity contribution in [1.82, 2.24) is 4.90 Å². The minimum absolute atomic E-state index is 0.108. The number of para-hydroxylation sites is 2. The largest absolute Gasteiger partial charge is 0.396 e. The molecule has 2 aromatic rings. The summed E-state index contributed by atoms with van der Waals surface area (Å²) < 4.78 is 6.61. The molecular formula is C28H33N3O5. The van der Waals surface area contributed by atoms with E-state index in [9.17, 15) is 19.5 Å². The number of carbonyl (C=O) groups excluding carboxylic acids is 3. The topological polar surface area (TPSA) is 108 Å². The summed E-state index contributed by atoms with van der Waals surface area (Å²) in [5.74, 6) is -2.36. The summed E-state index contributed by atoms with van der Waals surface area (Å²) in [6.45, 7) is 5.83. The fourth-order valence-corrected chi connectivity index (χ4v) is 6.55. The molecular weight excluding hydrogens is 458 g/mol. The maximum Gasteiger partial charge on any atom is 0.250 e. The predicted molar refractivity (Wildman–Crippen MR) is 135 cm³/mol. The number of fused-ring (bicyclic) bond motifs is 1. The Morgan fingerprint density at radius 1 is 1.03 bits per heavy atom. The zero-order valence-electron chi connectivity index (χ0n) is 20.9. The van der Waals surface area contributed by atoms with Gasteiger partial charge in [0, 0.05) is 24.5 Å². The van der Waals surface area contributed by atoms with Crippen molar-refractivity contribution in [1.29, 1.82) is 0 Å². The fourth-order valence-electron chi connectivity index (χ4n) is 6.55. The fraction of sp³-hybridized carbons (Fsp3) is 0.464. The van der Waals surface area contributed by atoms with Crippen LogP contribution in [0.3, 0.4) is 0 Å². The summed E-state index contributed by atoms with van der Waals surface area (Å²) in [4.78, 5) is 42.9. The summed E-state index contributed by atoms with van der Waals surface area (Å²) >= 11 is 0. The van der Waals surface area contributed by atoms with Crippen molar-refractivity contribution in [3.63, 3.8) is 0 Å². The molecule has 3 aliphatic heterocycles. The number of ether oxygens (including phenoxy) is 1. The number of nitrogens with zero attached hydrogens (tertiary/aromatic N) is 1. The third-order valence-electron chi connectivity index (χ3n) is 8.14. The summed E-state index contributed by atoms with van der Waals surface area (Å²) in [6, 6.07) is 14.0. The Morgan fingerprint density at radius 3 is 2.39 bits per heavy atom. The standard InChI is InChI=1S/C28H33N3O5/c1-17-9-7-10-18(2)22(17)30-25(34)23-28-14-13-27(3,36-28)20(21(28)26(35)31(23)15-8-16-32)24(33)29-19-11-5-4-6-12-19/h4-7,9-12,20-21,23,32H,8,13-16H2,1-3H3,(H,29,33)(H,30,34)/t20-,21+,23?,27+,28?/m1/s1. The van der Waals surface area contributed by atoms with E-state index in [2.05, 4.69) is 10.6 Å². The van der Waals surface area contributed by atoms with Crippen LogP contribution in [0.15, 0.2) is 48.5 Å². The molecule has 0 aromatic heterocycles. The summed E-state index contributed by atoms with van der Waals surface area (Å²) in [6.07, 6.45) is 1.42. The first-order chi connectivity index (χ1) is 17.2. The number of aryl methyl sites for hydroxylation is 2. The van der Waals surface area contributed by atoms with Crippen LogP contribution < -0.4 is 10.6 Å². The van der Waals surface area contributed by atoms with Gasteiger partial charge in [-0.3, -0.25) is 14.4 Å². The van der Waals surface area contributed by atoms with Crippen LogP contribution in [0.1, 0.15) is 37.3 Å². The molecule has 2 aromatic carbocycles. The Hall–Kier alpha value is -3.23. The van der Waals surface area contributed by atoms with Gasteiger partial charge in [0.15, 0.2) is 0 Å². The second kappa shape index (κ2) is 9.01. The number of aliphatic hydroxyl groups is 1. The number of likely N-dealkylation sites (tertiary alicyclic amines) is 1. The minimum Gasteiger partial charge on any atom is -0.396 e. The van der Waals surface area contributed by atoms with Crippen LogP contribution in [-0.4, -0.2) is 58.1 Å². The number of carbonyl (C=O) groups is 3. The second-order valence-electron chi connectivity index (χ2n) is 10.4. The zero-order chi connectivity index (χ0) is 25.7. The van der Waals surface area contributed by atoms with E-state index in [1.165, 1.54) is 4.90 Å². The lowest BCUT2D eigenvalue weighted by atomic mass is 9.66. The summed E-state index contributed by atoms with van der Waals surface area (Å²) in [5, 5.41) is 15.5. The summed E-state index contributed by atoms with van der Waals surface area (Å²) in [7, 11) is 0. The van der Waals surface area contributed by atoms with Crippen LogP contribution >= 0.6 is 0 Å². The van der Waals surface area contributed by atoms with E-state index in [1.807, 2.05) is 57.2 Å². The van der Waals surface area contributed by atoms with Gasteiger partial charge < -0.3 is 25.4 Å². The maximum absolute atomic E-state index is 13.9. The van der Waals surface area contributed by atoms with Crippen LogP contribution in [-0.2, 0) is 19.1 Å². The number of anilines is 2. The highest BCUT2D eigenvalue weighted by Gasteiger charge is 2.77. The van der Waals surface area contributed by atoms with E-state index >= 15 is 0 Å². The van der Waals surface area contributed by atoms with Gasteiger partial charge in [-0.1, -0.05) is 36.4 Å². The lowest BCUT2D eigenvalue weighted by molar-refractivity contribution is -0.143. The second-order valence-corrected chi connectivity index (χ2v) is 10.4. The number of hydrogen-bond acceptors (Lipinski definition) is 5. The molecule has 36 heavy (non-hydrogen) atoms. The smallest absolute Gasteiger partial charge is 0.250 e. The van der Waals surface area contributed by atoms with Gasteiger partial charge in [0.1, 0.15) is 11.6 Å². The van der Waals surface area contributed by atoms with E-state index in [0.717, 1.165) is 11.1 Å². The first kappa shape index (κ1) is 24.5. The Labute approximate surface area is 211 Å². The van der Waals surface area contributed by atoms with Gasteiger partial charge in [-0.05, 0) is 63.3 Å². The first-order valence-corrected chi connectivity index (χ1v) is 12.6. The highest BCUT2D eigenvalue weighted by Crippen LogP contribution is 2.63. The molecule has 190 valence electrons. The lowest BCUT2D eigenvalue weighted by Gasteiger charge is -2.33. The molecule has 1 spiro atoms. The molecule has 3 amide bonds. The number of aliphatic hydroxyl groups excluding tert-OH is 1. The molecule has 5 atom stereocenters. The molecule has 3 aliphatic rings. The molecule has 2 bridgehead atoms. The van der Waals surface area contributed by atoms with E-state index < -0.39 is 29.1 Å². The number of nitrogens with one attached hydrogen (secondary N) is 2. The molecule has 3 N–H and O–H groups in total. The Balaban J connectivity index is 1.51. The molecule has 3 saturated heterocycles.